The molecule has 3 aromatic rings. The van der Waals surface area contributed by atoms with Gasteiger partial charge in [-0.15, -0.1) is 0 Å². The maximum absolute atomic E-state index is 13.3. The predicted molar refractivity (Wildman–Crippen MR) is 168 cm³/mol. The van der Waals surface area contributed by atoms with Crippen LogP contribution in [0.25, 0.3) is 23.3 Å². The Labute approximate surface area is 243 Å². The lowest BCUT2D eigenvalue weighted by atomic mass is 9.97. The van der Waals surface area contributed by atoms with Gasteiger partial charge in [-0.25, -0.2) is 4.99 Å². The van der Waals surface area contributed by atoms with Crippen molar-refractivity contribution in [3.05, 3.63) is 95.0 Å². The zero-order valence-corrected chi connectivity index (χ0v) is 24.2. The maximum Gasteiger partial charge on any atom is 0.250 e. The van der Waals surface area contributed by atoms with Crippen molar-refractivity contribution < 1.29 is 9.59 Å². The zero-order valence-electron chi connectivity index (χ0n) is 24.2. The van der Waals surface area contributed by atoms with Gasteiger partial charge < -0.3 is 15.5 Å². The summed E-state index contributed by atoms with van der Waals surface area (Å²) < 4.78 is 0. The lowest BCUT2D eigenvalue weighted by Crippen LogP contribution is -2.34. The fraction of sp³-hybridized carbons (Fsp3) is 0.294. The van der Waals surface area contributed by atoms with Gasteiger partial charge in [-0.3, -0.25) is 14.6 Å². The van der Waals surface area contributed by atoms with Crippen LogP contribution < -0.4 is 5.73 Å². The number of amidine groups is 1. The van der Waals surface area contributed by atoms with Crippen molar-refractivity contribution in [3.8, 4) is 11.1 Å². The molecule has 1 aliphatic heterocycles. The molecule has 7 nitrogen and oxygen atoms in total. The van der Waals surface area contributed by atoms with Crippen molar-refractivity contribution in [2.75, 3.05) is 26.7 Å². The van der Waals surface area contributed by atoms with E-state index < -0.39 is 0 Å². The Morgan fingerprint density at radius 3 is 2.44 bits per heavy atom. The Kier molecular flexibility index (Phi) is 10.2. The van der Waals surface area contributed by atoms with Crippen LogP contribution in [0, 0.1) is 0 Å². The molecule has 212 valence electrons. The Morgan fingerprint density at radius 2 is 1.73 bits per heavy atom. The summed E-state index contributed by atoms with van der Waals surface area (Å²) in [5.41, 5.74) is 13.0. The second kappa shape index (κ2) is 14.2. The van der Waals surface area contributed by atoms with Crippen molar-refractivity contribution in [2.24, 2.45) is 10.7 Å². The van der Waals surface area contributed by atoms with E-state index in [2.05, 4.69) is 28.7 Å². The monoisotopic (exact) mass is 549 g/mol. The standard InChI is InChI=1S/C34H39N5O2/c1-4-16-39(17-5-2)34(41)30-21-28-11-9-26(22-32(28)37-33(35)23-30)25-10-12-29(24-40)27(20-25)13-18-38(3)19-14-31-8-6-7-15-36-31/h6-13,15,18,20-22,24H,4-5,14,16-17,19,23H2,1-3H3,(H2,35,37)/b18-13-. The number of carbonyl (C=O) groups is 2. The van der Waals surface area contributed by atoms with Gasteiger partial charge in [0, 0.05) is 68.1 Å². The molecule has 2 heterocycles. The first kappa shape index (κ1) is 29.5. The van der Waals surface area contributed by atoms with E-state index in [1.165, 1.54) is 0 Å². The molecular weight excluding hydrogens is 510 g/mol. The highest BCUT2D eigenvalue weighted by Crippen LogP contribution is 2.33. The van der Waals surface area contributed by atoms with Crippen molar-refractivity contribution in [3.63, 3.8) is 0 Å². The van der Waals surface area contributed by atoms with Gasteiger partial charge in [0.05, 0.1) is 5.69 Å². The second-order valence-corrected chi connectivity index (χ2v) is 10.3. The minimum Gasteiger partial charge on any atom is -0.387 e. The number of pyridine rings is 1. The van der Waals surface area contributed by atoms with Crippen LogP contribution in [-0.4, -0.2) is 59.5 Å². The maximum atomic E-state index is 13.3. The molecule has 0 saturated carbocycles. The molecule has 2 aromatic carbocycles. The average molecular weight is 550 g/mol. The number of hydrogen-bond acceptors (Lipinski definition) is 6. The van der Waals surface area contributed by atoms with Crippen molar-refractivity contribution in [2.45, 2.75) is 39.5 Å². The van der Waals surface area contributed by atoms with Crippen LogP contribution in [0.5, 0.6) is 0 Å². The number of hydrogen-bond donors (Lipinski definition) is 1. The Hall–Kier alpha value is -4.52. The fourth-order valence-corrected chi connectivity index (χ4v) is 4.89. The molecule has 4 rings (SSSR count). The van der Waals surface area contributed by atoms with E-state index in [1.807, 2.05) is 84.9 Å². The highest BCUT2D eigenvalue weighted by atomic mass is 16.2. The van der Waals surface area contributed by atoms with Crippen LogP contribution in [0.2, 0.25) is 0 Å². The van der Waals surface area contributed by atoms with E-state index in [-0.39, 0.29) is 5.91 Å². The van der Waals surface area contributed by atoms with Gasteiger partial charge in [0.25, 0.3) is 0 Å². The van der Waals surface area contributed by atoms with Crippen LogP contribution in [0.1, 0.15) is 60.3 Å². The Bertz CT molecular complexity index is 1450. The first-order valence-corrected chi connectivity index (χ1v) is 14.3. The summed E-state index contributed by atoms with van der Waals surface area (Å²) in [7, 11) is 2.01. The molecule has 0 radical (unpaired) electrons. The quantitative estimate of drug-likeness (QED) is 0.274. The SMILES string of the molecule is CCCN(CCC)C(=O)C1=Cc2ccc(-c3ccc(C=O)c(/C=C\N(C)CCc4ccccn4)c3)cc2N=C(N)C1. The van der Waals surface area contributed by atoms with E-state index in [1.54, 1.807) is 6.20 Å². The lowest BCUT2D eigenvalue weighted by molar-refractivity contribution is -0.127. The number of aliphatic imine (C=N–C) groups is 1. The molecule has 0 aliphatic carbocycles. The Morgan fingerprint density at radius 1 is 0.976 bits per heavy atom. The van der Waals surface area contributed by atoms with Crippen LogP contribution >= 0.6 is 0 Å². The molecule has 0 bridgehead atoms. The van der Waals surface area contributed by atoms with E-state index in [0.717, 1.165) is 78.8 Å². The number of likely N-dealkylation sites (N-methyl/N-ethyl adjacent to an activating group) is 1. The third-order valence-corrected chi connectivity index (χ3v) is 7.05. The van der Waals surface area contributed by atoms with Crippen LogP contribution in [0.4, 0.5) is 5.69 Å². The molecule has 0 saturated heterocycles. The van der Waals surface area contributed by atoms with Gasteiger partial charge in [-0.1, -0.05) is 44.2 Å². The molecule has 0 atom stereocenters. The highest BCUT2D eigenvalue weighted by molar-refractivity contribution is 6.05. The van der Waals surface area contributed by atoms with Gasteiger partial charge in [-0.05, 0) is 72.1 Å². The third kappa shape index (κ3) is 7.78. The summed E-state index contributed by atoms with van der Waals surface area (Å²) in [5.74, 6) is 0.441. The summed E-state index contributed by atoms with van der Waals surface area (Å²) >= 11 is 0. The molecule has 2 N–H and O–H groups in total. The van der Waals surface area contributed by atoms with Gasteiger partial charge in [-0.2, -0.15) is 0 Å². The summed E-state index contributed by atoms with van der Waals surface area (Å²) in [6.45, 7) is 6.41. The zero-order chi connectivity index (χ0) is 29.2. The predicted octanol–water partition coefficient (Wildman–Crippen LogP) is 6.13. The number of nitrogens with two attached hydrogens (primary N) is 1. The molecule has 1 amide bonds. The number of amides is 1. The van der Waals surface area contributed by atoms with Crippen molar-refractivity contribution in [1.29, 1.82) is 0 Å². The fourth-order valence-electron chi connectivity index (χ4n) is 4.89. The molecule has 0 unspecified atom stereocenters. The normalized spacial score (nSPS) is 12.8. The summed E-state index contributed by atoms with van der Waals surface area (Å²) in [6, 6.07) is 17.7. The minimum absolute atomic E-state index is 0.0228. The van der Waals surface area contributed by atoms with Crippen LogP contribution in [0.15, 0.2) is 77.6 Å². The third-order valence-electron chi connectivity index (χ3n) is 7.05. The van der Waals surface area contributed by atoms with Crippen LogP contribution in [-0.2, 0) is 11.2 Å². The van der Waals surface area contributed by atoms with Crippen molar-refractivity contribution in [1.82, 2.24) is 14.8 Å². The largest absolute Gasteiger partial charge is 0.387 e. The van der Waals surface area contributed by atoms with Gasteiger partial charge >= 0.3 is 0 Å². The number of aromatic nitrogens is 1. The number of fused-ring (bicyclic) bond motifs is 1. The number of carbonyl (C=O) groups excluding carboxylic acids is 2. The summed E-state index contributed by atoms with van der Waals surface area (Å²) in [6.07, 6.45) is 11.5. The topological polar surface area (TPSA) is 91.9 Å². The molecule has 0 fully saturated rings. The Balaban J connectivity index is 1.57. The lowest BCUT2D eigenvalue weighted by Gasteiger charge is -2.22. The smallest absolute Gasteiger partial charge is 0.250 e. The number of rotatable bonds is 12. The molecule has 7 heteroatoms. The number of benzene rings is 2. The van der Waals surface area contributed by atoms with E-state index >= 15 is 0 Å². The molecule has 1 aromatic heterocycles. The molecular formula is C34H39N5O2. The van der Waals surface area contributed by atoms with E-state index in [4.69, 9.17) is 5.73 Å². The van der Waals surface area contributed by atoms with E-state index in [0.29, 0.717) is 23.4 Å². The molecule has 0 spiro atoms. The second-order valence-electron chi connectivity index (χ2n) is 10.3. The highest BCUT2D eigenvalue weighted by Gasteiger charge is 2.21. The van der Waals surface area contributed by atoms with Crippen molar-refractivity contribution >= 4 is 35.9 Å². The van der Waals surface area contributed by atoms with Gasteiger partial charge in [0.1, 0.15) is 5.84 Å². The summed E-state index contributed by atoms with van der Waals surface area (Å²) in [5, 5.41) is 0. The summed E-state index contributed by atoms with van der Waals surface area (Å²) in [4.78, 5) is 38.1. The minimum atomic E-state index is 0.0228. The first-order valence-electron chi connectivity index (χ1n) is 14.3. The van der Waals surface area contributed by atoms with E-state index in [9.17, 15) is 9.59 Å². The van der Waals surface area contributed by atoms with Gasteiger partial charge in [0.15, 0.2) is 6.29 Å². The molecule has 1 aliphatic rings. The van der Waals surface area contributed by atoms with Crippen LogP contribution in [0.3, 0.4) is 0 Å². The first-order chi connectivity index (χ1) is 19.9. The van der Waals surface area contributed by atoms with Gasteiger partial charge in [0.2, 0.25) is 5.91 Å². The number of aldehydes is 1. The average Bonchev–Trinajstić information content (AvgIpc) is 3.16. The molecule has 41 heavy (non-hydrogen) atoms. The number of nitrogens with zero attached hydrogens (tertiary/aromatic N) is 4.